The average molecular weight is 726 g/mol. The predicted molar refractivity (Wildman–Crippen MR) is 197 cm³/mol. The number of amides is 1. The van der Waals surface area contributed by atoms with E-state index in [2.05, 4.69) is 32.0 Å². The van der Waals surface area contributed by atoms with E-state index in [1.165, 1.54) is 5.56 Å². The van der Waals surface area contributed by atoms with Crippen molar-refractivity contribution in [2.24, 2.45) is 5.92 Å². The Morgan fingerprint density at radius 3 is 1.90 bits per heavy atom. The van der Waals surface area contributed by atoms with Crippen molar-refractivity contribution in [2.45, 2.75) is 44.3 Å². The lowest BCUT2D eigenvalue weighted by molar-refractivity contribution is -0.119. The third kappa shape index (κ3) is 7.82. The lowest BCUT2D eigenvalue weighted by Gasteiger charge is -2.15. The first-order chi connectivity index (χ1) is 24.9. The number of nitrogens with zero attached hydrogens (tertiary/aromatic N) is 5. The Hall–Kier alpha value is -4.68. The van der Waals surface area contributed by atoms with Crippen molar-refractivity contribution >= 4 is 29.1 Å². The molecule has 1 amide bonds. The van der Waals surface area contributed by atoms with Crippen LogP contribution in [0.1, 0.15) is 42.1 Å². The smallest absolute Gasteiger partial charge is 0.237 e. The summed E-state index contributed by atoms with van der Waals surface area (Å²) in [4.78, 5) is 34.6. The van der Waals surface area contributed by atoms with Crippen LogP contribution in [0.3, 0.4) is 0 Å². The largest absolute Gasteiger partial charge is 0.480 e. The number of hydrogen-bond acceptors (Lipinski definition) is 10. The number of halogens is 2. The number of benzene rings is 2. The summed E-state index contributed by atoms with van der Waals surface area (Å²) in [6.45, 7) is 2.49. The van der Waals surface area contributed by atoms with Crippen molar-refractivity contribution in [1.82, 2.24) is 40.9 Å². The summed E-state index contributed by atoms with van der Waals surface area (Å²) in [7, 11) is 3.16. The molecule has 13 heteroatoms. The first-order valence-corrected chi connectivity index (χ1v) is 17.7. The van der Waals surface area contributed by atoms with Gasteiger partial charge >= 0.3 is 0 Å². The van der Waals surface area contributed by atoms with Crippen molar-refractivity contribution in [3.05, 3.63) is 100 Å². The van der Waals surface area contributed by atoms with Gasteiger partial charge in [-0.3, -0.25) is 19.7 Å². The second kappa shape index (κ2) is 15.7. The van der Waals surface area contributed by atoms with Gasteiger partial charge in [-0.25, -0.2) is 9.97 Å². The Morgan fingerprint density at radius 2 is 1.37 bits per heavy atom. The van der Waals surface area contributed by atoms with E-state index in [4.69, 9.17) is 47.6 Å². The van der Waals surface area contributed by atoms with E-state index in [-0.39, 0.29) is 11.9 Å². The van der Waals surface area contributed by atoms with Gasteiger partial charge in [-0.05, 0) is 42.9 Å². The van der Waals surface area contributed by atoms with Crippen LogP contribution in [-0.4, -0.2) is 64.2 Å². The first-order valence-electron chi connectivity index (χ1n) is 16.9. The third-order valence-corrected chi connectivity index (χ3v) is 10.2. The van der Waals surface area contributed by atoms with E-state index in [1.807, 2.05) is 48.7 Å². The zero-order chi connectivity index (χ0) is 35.3. The Morgan fingerprint density at radius 1 is 0.784 bits per heavy atom. The quantitative estimate of drug-likeness (QED) is 0.121. The van der Waals surface area contributed by atoms with Crippen molar-refractivity contribution in [2.75, 3.05) is 27.3 Å². The molecule has 3 atom stereocenters. The normalized spacial score (nSPS) is 18.0. The summed E-state index contributed by atoms with van der Waals surface area (Å²) >= 11 is 14.1. The Bertz CT molecular complexity index is 2030. The van der Waals surface area contributed by atoms with E-state index in [0.717, 1.165) is 36.2 Å². The molecule has 1 aliphatic carbocycles. The zero-order valence-corrected chi connectivity index (χ0v) is 29.8. The second-order valence-electron chi connectivity index (χ2n) is 12.7. The number of hydrogen-bond donors (Lipinski definition) is 3. The fourth-order valence-electron chi connectivity index (χ4n) is 6.55. The monoisotopic (exact) mass is 724 g/mol. The second-order valence-corrected chi connectivity index (χ2v) is 13.5. The lowest BCUT2D eigenvalue weighted by Crippen LogP contribution is -2.35. The van der Waals surface area contributed by atoms with Gasteiger partial charge in [0.1, 0.15) is 11.4 Å². The molecule has 1 aliphatic heterocycles. The fourth-order valence-corrected chi connectivity index (χ4v) is 7.20. The van der Waals surface area contributed by atoms with Crippen molar-refractivity contribution in [3.8, 4) is 45.4 Å². The number of nitrogens with one attached hydrogen (secondary N) is 3. The highest BCUT2D eigenvalue weighted by molar-refractivity contribution is 6.39. The molecule has 3 aromatic heterocycles. The molecule has 2 fully saturated rings. The minimum atomic E-state index is 0.0854. The molecule has 1 saturated heterocycles. The molecule has 262 valence electrons. The summed E-state index contributed by atoms with van der Waals surface area (Å²) in [5.41, 5.74) is 6.68. The molecule has 51 heavy (non-hydrogen) atoms. The summed E-state index contributed by atoms with van der Waals surface area (Å²) in [6, 6.07) is 15.7. The maximum Gasteiger partial charge on any atom is 0.237 e. The molecule has 0 unspecified atom stereocenters. The van der Waals surface area contributed by atoms with Gasteiger partial charge in [0.25, 0.3) is 0 Å². The van der Waals surface area contributed by atoms with Crippen LogP contribution in [0.2, 0.25) is 10.0 Å². The highest BCUT2D eigenvalue weighted by atomic mass is 35.5. The summed E-state index contributed by atoms with van der Waals surface area (Å²) in [5, 5.41) is 10.8. The van der Waals surface area contributed by atoms with Gasteiger partial charge in [-0.15, -0.1) is 0 Å². The van der Waals surface area contributed by atoms with Crippen LogP contribution in [-0.2, 0) is 17.9 Å². The van der Waals surface area contributed by atoms with Crippen molar-refractivity contribution in [3.63, 3.8) is 0 Å². The Kier molecular flexibility index (Phi) is 10.7. The van der Waals surface area contributed by atoms with E-state index < -0.39 is 0 Å². The summed E-state index contributed by atoms with van der Waals surface area (Å²) < 4.78 is 11.2. The number of pyridine rings is 1. The standard InChI is InChI=1S/C38H38Cl2N8O3/c1-50-37-32(18-42-16-23-14-29(23)22-6-5-13-41-15-22)44-20-30(47-37)27-9-3-7-25(35(27)39)26-8-4-10-28(36(26)40)31-21-45-33(38(48-31)51-2)19-43-17-24-11-12-34(49)46-24/h3-10,13,15,20-21,23-24,29,42-43H,11-12,14,16-19H2,1-2H3,(H,46,49)/t23-,24-,29-/m0/s1. The van der Waals surface area contributed by atoms with Crippen LogP contribution in [0.15, 0.2) is 73.3 Å². The molecule has 0 radical (unpaired) electrons. The molecule has 0 bridgehead atoms. The van der Waals surface area contributed by atoms with Crippen molar-refractivity contribution in [1.29, 1.82) is 0 Å². The van der Waals surface area contributed by atoms with E-state index in [0.29, 0.717) is 87.9 Å². The molecule has 11 nitrogen and oxygen atoms in total. The van der Waals surface area contributed by atoms with Crippen LogP contribution in [0.25, 0.3) is 33.6 Å². The predicted octanol–water partition coefficient (Wildman–Crippen LogP) is 6.25. The third-order valence-electron chi connectivity index (χ3n) is 9.35. The molecule has 2 aromatic carbocycles. The maximum absolute atomic E-state index is 11.5. The van der Waals surface area contributed by atoms with Gasteiger partial charge in [0.05, 0.1) is 48.0 Å². The van der Waals surface area contributed by atoms with Crippen LogP contribution in [0.4, 0.5) is 0 Å². The molecular weight excluding hydrogens is 687 g/mol. The Labute approximate surface area is 306 Å². The molecule has 5 aromatic rings. The maximum atomic E-state index is 11.5. The summed E-state index contributed by atoms with van der Waals surface area (Å²) in [6.07, 6.45) is 9.69. The average Bonchev–Trinajstić information content (AvgIpc) is 3.82. The number of carbonyl (C=O) groups excluding carboxylic acids is 1. The first kappa shape index (κ1) is 34.8. The van der Waals surface area contributed by atoms with E-state index >= 15 is 0 Å². The van der Waals surface area contributed by atoms with Gasteiger partial charge in [0, 0.05) is 66.7 Å². The molecular formula is C38H38Cl2N8O3. The minimum absolute atomic E-state index is 0.0854. The van der Waals surface area contributed by atoms with Crippen LogP contribution in [0, 0.1) is 5.92 Å². The fraction of sp³-hybridized carbons (Fsp3) is 0.316. The number of aromatic nitrogens is 5. The van der Waals surface area contributed by atoms with Gasteiger partial charge < -0.3 is 25.4 Å². The van der Waals surface area contributed by atoms with E-state index in [9.17, 15) is 4.79 Å². The van der Waals surface area contributed by atoms with Gasteiger partial charge in [0.15, 0.2) is 0 Å². The molecule has 1 saturated carbocycles. The van der Waals surface area contributed by atoms with Gasteiger partial charge in [-0.2, -0.15) is 0 Å². The van der Waals surface area contributed by atoms with Crippen LogP contribution < -0.4 is 25.4 Å². The molecule has 4 heterocycles. The number of methoxy groups -OCH3 is 2. The lowest BCUT2D eigenvalue weighted by atomic mass is 9.98. The molecule has 2 aliphatic rings. The van der Waals surface area contributed by atoms with Crippen molar-refractivity contribution < 1.29 is 14.3 Å². The number of ether oxygens (including phenoxy) is 2. The van der Waals surface area contributed by atoms with Crippen LogP contribution in [0.5, 0.6) is 11.8 Å². The van der Waals surface area contributed by atoms with Crippen LogP contribution >= 0.6 is 23.2 Å². The Balaban J connectivity index is 1.06. The minimum Gasteiger partial charge on any atom is -0.480 e. The SMILES string of the molecule is COc1nc(-c2cccc(-c3cccc(-c4cnc(CNC[C@@H]5C[C@H]5c5cccnc5)c(OC)n4)c3Cl)c2Cl)cnc1CNC[C@@H]1CCC(=O)N1. The van der Waals surface area contributed by atoms with Gasteiger partial charge in [0.2, 0.25) is 17.7 Å². The number of rotatable bonds is 14. The highest BCUT2D eigenvalue weighted by Crippen LogP contribution is 2.47. The topological polar surface area (TPSA) is 136 Å². The van der Waals surface area contributed by atoms with Gasteiger partial charge in [-0.1, -0.05) is 65.7 Å². The number of carbonyl (C=O) groups is 1. The summed E-state index contributed by atoms with van der Waals surface area (Å²) in [5.74, 6) is 2.05. The molecule has 3 N–H and O–H groups in total. The molecule has 0 spiro atoms. The highest BCUT2D eigenvalue weighted by Gasteiger charge is 2.37. The zero-order valence-electron chi connectivity index (χ0n) is 28.3. The van der Waals surface area contributed by atoms with E-state index in [1.54, 1.807) is 32.8 Å². The molecule has 7 rings (SSSR count).